The van der Waals surface area contributed by atoms with E-state index in [0.717, 1.165) is 18.4 Å². The summed E-state index contributed by atoms with van der Waals surface area (Å²) < 4.78 is 5.27. The second kappa shape index (κ2) is 4.81. The zero-order chi connectivity index (χ0) is 12.3. The van der Waals surface area contributed by atoms with Crippen molar-refractivity contribution in [3.63, 3.8) is 0 Å². The van der Waals surface area contributed by atoms with Gasteiger partial charge in [-0.2, -0.15) is 0 Å². The van der Waals surface area contributed by atoms with Gasteiger partial charge < -0.3 is 4.74 Å². The average Bonchev–Trinajstić information content (AvgIpc) is 2.10. The molecule has 1 atom stereocenters. The smallest absolute Gasteiger partial charge is 0.306 e. The van der Waals surface area contributed by atoms with Gasteiger partial charge in [0.05, 0.1) is 0 Å². The Hall–Kier alpha value is -1.12. The van der Waals surface area contributed by atoms with Gasteiger partial charge in [0.2, 0.25) is 0 Å². The summed E-state index contributed by atoms with van der Waals surface area (Å²) in [5, 5.41) is 0. The van der Waals surface area contributed by atoms with E-state index >= 15 is 0 Å². The predicted molar refractivity (Wildman–Crippen MR) is 62.0 cm³/mol. The molecule has 0 saturated heterocycles. The highest BCUT2D eigenvalue weighted by Crippen LogP contribution is 2.35. The van der Waals surface area contributed by atoms with Crippen LogP contribution >= 0.6 is 0 Å². The topological polar surface area (TPSA) is 43.4 Å². The Morgan fingerprint density at radius 1 is 1.56 bits per heavy atom. The molecule has 1 aliphatic rings. The SMILES string of the molecule is CCCC(=O)OC1C(=O)C=C(C)CC1(C)C. The summed E-state index contributed by atoms with van der Waals surface area (Å²) in [5.74, 6) is -0.361. The number of carbonyl (C=O) groups is 2. The summed E-state index contributed by atoms with van der Waals surface area (Å²) in [6, 6.07) is 0. The molecule has 0 fully saturated rings. The average molecular weight is 224 g/mol. The number of allylic oxidation sites excluding steroid dienone is 1. The van der Waals surface area contributed by atoms with E-state index < -0.39 is 6.10 Å². The summed E-state index contributed by atoms with van der Waals surface area (Å²) in [5.41, 5.74) is 0.761. The standard InChI is InChI=1S/C13H20O3/c1-5-6-11(15)16-12-10(14)7-9(2)8-13(12,3)4/h7,12H,5-6,8H2,1-4H3. The lowest BCUT2D eigenvalue weighted by Crippen LogP contribution is -2.42. The second-order valence-corrected chi connectivity index (χ2v) is 5.18. The molecule has 90 valence electrons. The molecule has 0 spiro atoms. The summed E-state index contributed by atoms with van der Waals surface area (Å²) in [6.07, 6.45) is 2.89. The molecule has 3 heteroatoms. The molecule has 0 aromatic rings. The molecule has 0 heterocycles. The van der Waals surface area contributed by atoms with Crippen molar-refractivity contribution in [1.29, 1.82) is 0 Å². The molecule has 0 aromatic heterocycles. The third-order valence-corrected chi connectivity index (χ3v) is 2.79. The van der Waals surface area contributed by atoms with Gasteiger partial charge in [0.25, 0.3) is 0 Å². The Balaban J connectivity index is 2.78. The van der Waals surface area contributed by atoms with Crippen LogP contribution in [0.1, 0.15) is 47.0 Å². The number of hydrogen-bond donors (Lipinski definition) is 0. The van der Waals surface area contributed by atoms with E-state index in [4.69, 9.17) is 4.74 Å². The van der Waals surface area contributed by atoms with E-state index in [9.17, 15) is 9.59 Å². The first kappa shape index (κ1) is 12.9. The van der Waals surface area contributed by atoms with E-state index in [0.29, 0.717) is 6.42 Å². The van der Waals surface area contributed by atoms with E-state index in [2.05, 4.69) is 0 Å². The molecule has 0 N–H and O–H groups in total. The van der Waals surface area contributed by atoms with Crippen LogP contribution < -0.4 is 0 Å². The number of rotatable bonds is 3. The number of hydrogen-bond acceptors (Lipinski definition) is 3. The van der Waals surface area contributed by atoms with Crippen LogP contribution in [0.25, 0.3) is 0 Å². The second-order valence-electron chi connectivity index (χ2n) is 5.18. The Morgan fingerprint density at radius 3 is 2.69 bits per heavy atom. The molecule has 16 heavy (non-hydrogen) atoms. The van der Waals surface area contributed by atoms with Crippen molar-refractivity contribution in [1.82, 2.24) is 0 Å². The quantitative estimate of drug-likeness (QED) is 0.692. The summed E-state index contributed by atoms with van der Waals surface area (Å²) in [6.45, 7) is 7.78. The number of carbonyl (C=O) groups excluding carboxylic acids is 2. The number of esters is 1. The van der Waals surface area contributed by atoms with Crippen LogP contribution in [0.2, 0.25) is 0 Å². The molecule has 0 radical (unpaired) electrons. The zero-order valence-corrected chi connectivity index (χ0v) is 10.5. The molecule has 1 unspecified atom stereocenters. The van der Waals surface area contributed by atoms with E-state index in [1.807, 2.05) is 27.7 Å². The van der Waals surface area contributed by atoms with E-state index in [1.54, 1.807) is 6.08 Å². The molecule has 1 aliphatic carbocycles. The summed E-state index contributed by atoms with van der Waals surface area (Å²) in [4.78, 5) is 23.2. The normalized spacial score (nSPS) is 23.9. The molecular weight excluding hydrogens is 204 g/mol. The maximum Gasteiger partial charge on any atom is 0.306 e. The lowest BCUT2D eigenvalue weighted by Gasteiger charge is -2.35. The van der Waals surface area contributed by atoms with Crippen LogP contribution in [0.3, 0.4) is 0 Å². The minimum atomic E-state index is -0.616. The fraction of sp³-hybridized carbons (Fsp3) is 0.692. The third kappa shape index (κ3) is 2.94. The van der Waals surface area contributed by atoms with Gasteiger partial charge >= 0.3 is 5.97 Å². The number of ether oxygens (including phenoxy) is 1. The van der Waals surface area contributed by atoms with Gasteiger partial charge in [-0.25, -0.2) is 0 Å². The third-order valence-electron chi connectivity index (χ3n) is 2.79. The highest BCUT2D eigenvalue weighted by molar-refractivity contribution is 5.97. The molecule has 3 nitrogen and oxygen atoms in total. The highest BCUT2D eigenvalue weighted by Gasteiger charge is 2.40. The first-order valence-corrected chi connectivity index (χ1v) is 5.77. The van der Waals surface area contributed by atoms with Crippen LogP contribution in [0, 0.1) is 5.41 Å². The molecule has 0 aliphatic heterocycles. The molecule has 1 rings (SSSR count). The van der Waals surface area contributed by atoms with Crippen molar-refractivity contribution < 1.29 is 14.3 Å². The highest BCUT2D eigenvalue weighted by atomic mass is 16.5. The lowest BCUT2D eigenvalue weighted by atomic mass is 9.74. The largest absolute Gasteiger partial charge is 0.453 e. The van der Waals surface area contributed by atoms with Gasteiger partial charge in [-0.05, 0) is 25.8 Å². The maximum atomic E-state index is 11.8. The van der Waals surface area contributed by atoms with Gasteiger partial charge in [-0.1, -0.05) is 26.3 Å². The number of ketones is 1. The van der Waals surface area contributed by atoms with Gasteiger partial charge in [0, 0.05) is 11.8 Å². The Kier molecular flexibility index (Phi) is 3.89. The van der Waals surface area contributed by atoms with Gasteiger partial charge in [0.15, 0.2) is 11.9 Å². The predicted octanol–water partition coefficient (Wildman–Crippen LogP) is 2.64. The first-order valence-electron chi connectivity index (χ1n) is 5.77. The van der Waals surface area contributed by atoms with E-state index in [1.165, 1.54) is 0 Å². The molecule has 0 aromatic carbocycles. The van der Waals surface area contributed by atoms with Crippen molar-refractivity contribution in [3.8, 4) is 0 Å². The van der Waals surface area contributed by atoms with Crippen molar-refractivity contribution in [2.45, 2.75) is 53.1 Å². The molecule has 0 bridgehead atoms. The maximum absolute atomic E-state index is 11.8. The Labute approximate surface area is 96.9 Å². The van der Waals surface area contributed by atoms with E-state index in [-0.39, 0.29) is 17.2 Å². The summed E-state index contributed by atoms with van der Waals surface area (Å²) >= 11 is 0. The Morgan fingerprint density at radius 2 is 2.19 bits per heavy atom. The van der Waals surface area contributed by atoms with Crippen molar-refractivity contribution in [3.05, 3.63) is 11.6 Å². The fourth-order valence-corrected chi connectivity index (χ4v) is 2.18. The fourth-order valence-electron chi connectivity index (χ4n) is 2.18. The van der Waals surface area contributed by atoms with Crippen molar-refractivity contribution in [2.75, 3.05) is 0 Å². The van der Waals surface area contributed by atoms with Gasteiger partial charge in [-0.3, -0.25) is 9.59 Å². The van der Waals surface area contributed by atoms with Crippen LogP contribution in [0.15, 0.2) is 11.6 Å². The first-order chi connectivity index (χ1) is 7.36. The monoisotopic (exact) mass is 224 g/mol. The van der Waals surface area contributed by atoms with Crippen molar-refractivity contribution in [2.24, 2.45) is 5.41 Å². The minimum absolute atomic E-state index is 0.0850. The minimum Gasteiger partial charge on any atom is -0.453 e. The molecule has 0 saturated carbocycles. The van der Waals surface area contributed by atoms with Crippen LogP contribution in [-0.2, 0) is 14.3 Å². The van der Waals surface area contributed by atoms with Crippen LogP contribution in [0.5, 0.6) is 0 Å². The Bertz CT molecular complexity index is 326. The van der Waals surface area contributed by atoms with Gasteiger partial charge in [0.1, 0.15) is 0 Å². The van der Waals surface area contributed by atoms with Crippen molar-refractivity contribution >= 4 is 11.8 Å². The van der Waals surface area contributed by atoms with Crippen LogP contribution in [-0.4, -0.2) is 17.9 Å². The summed E-state index contributed by atoms with van der Waals surface area (Å²) in [7, 11) is 0. The van der Waals surface area contributed by atoms with Crippen LogP contribution in [0.4, 0.5) is 0 Å². The lowest BCUT2D eigenvalue weighted by molar-refractivity contribution is -0.161. The molecular formula is C13H20O3. The molecule has 0 amide bonds. The zero-order valence-electron chi connectivity index (χ0n) is 10.5. The van der Waals surface area contributed by atoms with Gasteiger partial charge in [-0.15, -0.1) is 0 Å².